The lowest BCUT2D eigenvalue weighted by atomic mass is 10.0. The molecule has 0 aliphatic heterocycles. The second kappa shape index (κ2) is 7.65. The van der Waals surface area contributed by atoms with Gasteiger partial charge in [-0.05, 0) is 12.8 Å². The molecular formula is C11H21N3O4. The van der Waals surface area contributed by atoms with E-state index in [1.807, 2.05) is 13.8 Å². The second-order valence-electron chi connectivity index (χ2n) is 4.43. The molecule has 0 heterocycles. The van der Waals surface area contributed by atoms with E-state index in [9.17, 15) is 14.4 Å². The Balaban J connectivity index is 4.08. The minimum absolute atomic E-state index is 0.0210. The Morgan fingerprint density at radius 2 is 1.72 bits per heavy atom. The largest absolute Gasteiger partial charge is 0.481 e. The van der Waals surface area contributed by atoms with Crippen LogP contribution in [0.25, 0.3) is 0 Å². The first-order valence-corrected chi connectivity index (χ1v) is 5.81. The third-order valence-electron chi connectivity index (χ3n) is 2.41. The zero-order valence-corrected chi connectivity index (χ0v) is 10.9. The van der Waals surface area contributed by atoms with Crippen molar-refractivity contribution in [1.82, 2.24) is 10.6 Å². The van der Waals surface area contributed by atoms with Crippen LogP contribution < -0.4 is 16.4 Å². The number of carbonyl (C=O) groups excluding carboxylic acids is 2. The quantitative estimate of drug-likeness (QED) is 0.470. The van der Waals surface area contributed by atoms with Crippen LogP contribution in [-0.4, -0.2) is 41.5 Å². The fraction of sp³-hybridized carbons (Fsp3) is 0.727. The summed E-state index contributed by atoms with van der Waals surface area (Å²) in [5.41, 5.74) is 5.63. The van der Waals surface area contributed by atoms with Gasteiger partial charge in [0.1, 0.15) is 6.04 Å². The van der Waals surface area contributed by atoms with Crippen molar-refractivity contribution in [2.75, 3.05) is 6.54 Å². The number of aliphatic carboxylic acids is 1. The standard InChI is InChI=1S/C11H21N3O4/c1-6(2)9(12)11(18)14-7(3)10(17)13-5-4-8(15)16/h6-7,9H,4-5,12H2,1-3H3,(H,13,17)(H,14,18)(H,15,16)/t7-,9-/m0/s1. The summed E-state index contributed by atoms with van der Waals surface area (Å²) in [6, 6.07) is -1.41. The van der Waals surface area contributed by atoms with Gasteiger partial charge in [0.25, 0.3) is 0 Å². The second-order valence-corrected chi connectivity index (χ2v) is 4.43. The van der Waals surface area contributed by atoms with Gasteiger partial charge in [0.05, 0.1) is 12.5 Å². The molecule has 0 radical (unpaired) electrons. The van der Waals surface area contributed by atoms with Crippen LogP contribution in [0.1, 0.15) is 27.2 Å². The van der Waals surface area contributed by atoms with Crippen molar-refractivity contribution in [3.05, 3.63) is 0 Å². The van der Waals surface area contributed by atoms with Gasteiger partial charge in [0, 0.05) is 6.54 Å². The summed E-state index contributed by atoms with van der Waals surface area (Å²) in [4.78, 5) is 33.3. The van der Waals surface area contributed by atoms with Gasteiger partial charge in [-0.1, -0.05) is 13.8 Å². The van der Waals surface area contributed by atoms with Crippen LogP contribution in [0.3, 0.4) is 0 Å². The molecule has 0 aromatic rings. The topological polar surface area (TPSA) is 122 Å². The van der Waals surface area contributed by atoms with Crippen LogP contribution in [0, 0.1) is 5.92 Å². The first-order chi connectivity index (χ1) is 8.25. The molecule has 2 amide bonds. The van der Waals surface area contributed by atoms with Gasteiger partial charge >= 0.3 is 5.97 Å². The van der Waals surface area contributed by atoms with Crippen LogP contribution in [0.15, 0.2) is 0 Å². The van der Waals surface area contributed by atoms with E-state index in [4.69, 9.17) is 10.8 Å². The first-order valence-electron chi connectivity index (χ1n) is 5.81. The van der Waals surface area contributed by atoms with E-state index in [0.29, 0.717) is 0 Å². The van der Waals surface area contributed by atoms with Crippen LogP contribution in [-0.2, 0) is 14.4 Å². The Bertz CT molecular complexity index is 317. The molecule has 0 aromatic heterocycles. The van der Waals surface area contributed by atoms with Crippen LogP contribution in [0.2, 0.25) is 0 Å². The smallest absolute Gasteiger partial charge is 0.305 e. The van der Waals surface area contributed by atoms with E-state index in [1.54, 1.807) is 0 Å². The Kier molecular flexibility index (Phi) is 6.96. The average molecular weight is 259 g/mol. The number of rotatable bonds is 7. The Morgan fingerprint density at radius 1 is 1.17 bits per heavy atom. The molecule has 0 unspecified atom stereocenters. The van der Waals surface area contributed by atoms with Gasteiger partial charge in [-0.15, -0.1) is 0 Å². The molecule has 0 aromatic carbocycles. The molecule has 7 heteroatoms. The summed E-state index contributed by atoms with van der Waals surface area (Å²) in [5.74, 6) is -1.84. The van der Waals surface area contributed by atoms with Gasteiger partial charge in [0.15, 0.2) is 0 Å². The molecule has 0 saturated carbocycles. The monoisotopic (exact) mass is 259 g/mol. The summed E-state index contributed by atoms with van der Waals surface area (Å²) in [7, 11) is 0. The summed E-state index contributed by atoms with van der Waals surface area (Å²) in [6.07, 6.45) is -0.155. The number of carboxylic acid groups (broad SMARTS) is 1. The molecule has 104 valence electrons. The Hall–Kier alpha value is -1.63. The summed E-state index contributed by atoms with van der Waals surface area (Å²) < 4.78 is 0. The highest BCUT2D eigenvalue weighted by atomic mass is 16.4. The number of carbonyl (C=O) groups is 3. The number of carboxylic acids is 1. The van der Waals surface area contributed by atoms with Crippen molar-refractivity contribution < 1.29 is 19.5 Å². The lowest BCUT2D eigenvalue weighted by Crippen LogP contribution is -2.51. The number of nitrogens with one attached hydrogen (secondary N) is 2. The number of hydrogen-bond donors (Lipinski definition) is 4. The van der Waals surface area contributed by atoms with Gasteiger partial charge in [-0.25, -0.2) is 0 Å². The van der Waals surface area contributed by atoms with Crippen molar-refractivity contribution in [2.45, 2.75) is 39.3 Å². The fourth-order valence-electron chi connectivity index (χ4n) is 1.12. The molecule has 0 aliphatic carbocycles. The molecule has 0 rings (SSSR count). The highest BCUT2D eigenvalue weighted by Crippen LogP contribution is 1.98. The van der Waals surface area contributed by atoms with Gasteiger partial charge in [-0.3, -0.25) is 14.4 Å². The van der Waals surface area contributed by atoms with Crippen molar-refractivity contribution in [2.24, 2.45) is 11.7 Å². The van der Waals surface area contributed by atoms with E-state index in [0.717, 1.165) is 0 Å². The molecule has 2 atom stereocenters. The minimum Gasteiger partial charge on any atom is -0.481 e. The van der Waals surface area contributed by atoms with Gasteiger partial charge < -0.3 is 21.5 Å². The van der Waals surface area contributed by atoms with Crippen molar-refractivity contribution in [1.29, 1.82) is 0 Å². The molecule has 0 saturated heterocycles. The molecule has 0 fully saturated rings. The van der Waals surface area contributed by atoms with Gasteiger partial charge in [-0.2, -0.15) is 0 Å². The highest BCUT2D eigenvalue weighted by Gasteiger charge is 2.21. The Morgan fingerprint density at radius 3 is 2.17 bits per heavy atom. The van der Waals surface area contributed by atoms with Crippen LogP contribution >= 0.6 is 0 Å². The van der Waals surface area contributed by atoms with E-state index in [1.165, 1.54) is 6.92 Å². The zero-order chi connectivity index (χ0) is 14.3. The molecule has 0 spiro atoms. The van der Waals surface area contributed by atoms with Crippen LogP contribution in [0.4, 0.5) is 0 Å². The summed E-state index contributed by atoms with van der Waals surface area (Å²) in [5, 5.41) is 13.3. The molecule has 5 N–H and O–H groups in total. The third kappa shape index (κ3) is 6.19. The SMILES string of the molecule is CC(C)[C@H](N)C(=O)N[C@@H](C)C(=O)NCCC(=O)O. The maximum Gasteiger partial charge on any atom is 0.305 e. The Labute approximate surface area is 106 Å². The van der Waals surface area contributed by atoms with Crippen molar-refractivity contribution in [3.63, 3.8) is 0 Å². The first kappa shape index (κ1) is 16.4. The maximum atomic E-state index is 11.6. The predicted octanol–water partition coefficient (Wildman–Crippen LogP) is -0.935. The fourth-order valence-corrected chi connectivity index (χ4v) is 1.12. The lowest BCUT2D eigenvalue weighted by Gasteiger charge is -2.19. The summed E-state index contributed by atoms with van der Waals surface area (Å²) >= 11 is 0. The van der Waals surface area contributed by atoms with Crippen molar-refractivity contribution >= 4 is 17.8 Å². The zero-order valence-electron chi connectivity index (χ0n) is 10.9. The van der Waals surface area contributed by atoms with Crippen molar-refractivity contribution in [3.8, 4) is 0 Å². The normalized spacial score (nSPS) is 13.8. The number of hydrogen-bond acceptors (Lipinski definition) is 4. The summed E-state index contributed by atoms with van der Waals surface area (Å²) in [6.45, 7) is 5.16. The van der Waals surface area contributed by atoms with Crippen LogP contribution in [0.5, 0.6) is 0 Å². The number of amides is 2. The van der Waals surface area contributed by atoms with E-state index < -0.39 is 29.9 Å². The number of nitrogens with two attached hydrogens (primary N) is 1. The predicted molar refractivity (Wildman–Crippen MR) is 65.7 cm³/mol. The molecule has 18 heavy (non-hydrogen) atoms. The lowest BCUT2D eigenvalue weighted by molar-refractivity contribution is -0.137. The van der Waals surface area contributed by atoms with Gasteiger partial charge in [0.2, 0.25) is 11.8 Å². The third-order valence-corrected chi connectivity index (χ3v) is 2.41. The maximum absolute atomic E-state index is 11.6. The molecular weight excluding hydrogens is 238 g/mol. The molecule has 0 aliphatic rings. The van der Waals surface area contributed by atoms with E-state index in [-0.39, 0.29) is 18.9 Å². The average Bonchev–Trinajstić information content (AvgIpc) is 2.26. The molecule has 7 nitrogen and oxygen atoms in total. The highest BCUT2D eigenvalue weighted by molar-refractivity contribution is 5.89. The van der Waals surface area contributed by atoms with E-state index >= 15 is 0 Å². The van der Waals surface area contributed by atoms with E-state index in [2.05, 4.69) is 10.6 Å². The molecule has 0 bridgehead atoms. The minimum atomic E-state index is -0.992.